The minimum absolute atomic E-state index is 0.696. The van der Waals surface area contributed by atoms with Gasteiger partial charge in [0.1, 0.15) is 5.69 Å². The van der Waals surface area contributed by atoms with E-state index in [-0.39, 0.29) is 0 Å². The first-order chi connectivity index (χ1) is 11.4. The van der Waals surface area contributed by atoms with Crippen molar-refractivity contribution < 1.29 is 0 Å². The summed E-state index contributed by atoms with van der Waals surface area (Å²) in [5, 5.41) is 8.71. The van der Waals surface area contributed by atoms with Crippen LogP contribution in [0, 0.1) is 0 Å². The van der Waals surface area contributed by atoms with Crippen molar-refractivity contribution in [2.45, 2.75) is 13.3 Å². The molecule has 112 valence electrons. The molecule has 0 saturated heterocycles. The Hall–Kier alpha value is -3.08. The van der Waals surface area contributed by atoms with Gasteiger partial charge in [-0.25, -0.2) is 9.97 Å². The van der Waals surface area contributed by atoms with Gasteiger partial charge in [0, 0.05) is 0 Å². The maximum Gasteiger partial charge on any atom is 0.235 e. The third-order valence-corrected chi connectivity index (χ3v) is 3.78. The van der Waals surface area contributed by atoms with Crippen LogP contribution < -0.4 is 0 Å². The van der Waals surface area contributed by atoms with Gasteiger partial charge in [-0.3, -0.25) is 4.40 Å². The van der Waals surface area contributed by atoms with Crippen LogP contribution in [0.15, 0.2) is 71.0 Å². The molecule has 2 heterocycles. The second-order valence-electron chi connectivity index (χ2n) is 5.22. The number of azo groups is 1. The maximum absolute atomic E-state index is 4.56. The summed E-state index contributed by atoms with van der Waals surface area (Å²) in [7, 11) is 0. The van der Waals surface area contributed by atoms with E-state index in [0.717, 1.165) is 34.5 Å². The Kier molecular flexibility index (Phi) is 3.31. The Balaban J connectivity index is 1.90. The summed E-state index contributed by atoms with van der Waals surface area (Å²) in [4.78, 5) is 9.00. The van der Waals surface area contributed by atoms with Gasteiger partial charge in [0.05, 0.1) is 28.6 Å². The number of benzene rings is 2. The monoisotopic (exact) mass is 301 g/mol. The van der Waals surface area contributed by atoms with E-state index in [1.807, 2.05) is 54.6 Å². The van der Waals surface area contributed by atoms with Crippen LogP contribution in [0.25, 0.3) is 16.8 Å². The fraction of sp³-hybridized carbons (Fsp3) is 0.111. The van der Waals surface area contributed by atoms with Crippen LogP contribution in [0.4, 0.5) is 11.4 Å². The van der Waals surface area contributed by atoms with Gasteiger partial charge in [0.25, 0.3) is 0 Å². The van der Waals surface area contributed by atoms with Crippen molar-refractivity contribution in [2.24, 2.45) is 10.2 Å². The molecule has 5 nitrogen and oxygen atoms in total. The van der Waals surface area contributed by atoms with Gasteiger partial charge in [-0.05, 0) is 30.7 Å². The fourth-order valence-electron chi connectivity index (χ4n) is 2.70. The second-order valence-corrected chi connectivity index (χ2v) is 5.22. The molecule has 23 heavy (non-hydrogen) atoms. The molecule has 0 radical (unpaired) electrons. The van der Waals surface area contributed by atoms with Gasteiger partial charge >= 0.3 is 0 Å². The largest absolute Gasteiger partial charge is 0.278 e. The number of fused-ring (bicyclic) bond motifs is 3. The number of aryl methyl sites for hydroxylation is 1. The van der Waals surface area contributed by atoms with Crippen LogP contribution in [-0.4, -0.2) is 14.4 Å². The Morgan fingerprint density at radius 2 is 1.74 bits per heavy atom. The molecule has 0 saturated carbocycles. The van der Waals surface area contributed by atoms with Crippen LogP contribution in [0.3, 0.4) is 0 Å². The quantitative estimate of drug-likeness (QED) is 0.507. The lowest BCUT2D eigenvalue weighted by atomic mass is 10.2. The summed E-state index contributed by atoms with van der Waals surface area (Å²) in [6.45, 7) is 2.10. The molecule has 0 amide bonds. The number of hydrogen-bond acceptors (Lipinski definition) is 4. The zero-order valence-corrected chi connectivity index (χ0v) is 12.7. The lowest BCUT2D eigenvalue weighted by Gasteiger charge is -2.06. The van der Waals surface area contributed by atoms with Crippen molar-refractivity contribution >= 4 is 28.2 Å². The van der Waals surface area contributed by atoms with Crippen LogP contribution in [0.2, 0.25) is 0 Å². The minimum Gasteiger partial charge on any atom is -0.278 e. The highest BCUT2D eigenvalue weighted by Crippen LogP contribution is 2.26. The van der Waals surface area contributed by atoms with Crippen LogP contribution in [0.5, 0.6) is 0 Å². The number of imidazole rings is 1. The molecule has 2 aromatic heterocycles. The summed E-state index contributed by atoms with van der Waals surface area (Å²) in [6, 6.07) is 17.7. The van der Waals surface area contributed by atoms with E-state index >= 15 is 0 Å². The van der Waals surface area contributed by atoms with E-state index in [2.05, 4.69) is 31.5 Å². The molecule has 0 spiro atoms. The highest BCUT2D eigenvalue weighted by Gasteiger charge is 2.12. The van der Waals surface area contributed by atoms with E-state index in [1.165, 1.54) is 0 Å². The standard InChI is InChI=1S/C18H15N5/c1-2-16-15(22-21-13-8-4-3-5-9-13)12-19-18-20-14-10-6-7-11-17(14)23(16)18/h3-12H,2H2,1H3. The van der Waals surface area contributed by atoms with Gasteiger partial charge in [0.2, 0.25) is 5.78 Å². The molecule has 4 aromatic rings. The minimum atomic E-state index is 0.696. The molecule has 0 atom stereocenters. The summed E-state index contributed by atoms with van der Waals surface area (Å²) in [6.07, 6.45) is 2.56. The Morgan fingerprint density at radius 3 is 2.57 bits per heavy atom. The summed E-state index contributed by atoms with van der Waals surface area (Å²) in [5.41, 5.74) is 4.64. The van der Waals surface area contributed by atoms with Gasteiger partial charge in [-0.2, -0.15) is 5.11 Å². The normalized spacial score (nSPS) is 11.7. The first-order valence-electron chi connectivity index (χ1n) is 7.58. The lowest BCUT2D eigenvalue weighted by molar-refractivity contribution is 0.959. The first kappa shape index (κ1) is 13.6. The number of rotatable bonds is 3. The SMILES string of the molecule is CCc1c(N=Nc2ccccc2)cnc2nc3ccccc3n12. The molecule has 0 aliphatic carbocycles. The van der Waals surface area contributed by atoms with Crippen molar-refractivity contribution in [3.8, 4) is 0 Å². The molecule has 0 bridgehead atoms. The highest BCUT2D eigenvalue weighted by atomic mass is 15.2. The van der Waals surface area contributed by atoms with Crippen molar-refractivity contribution in [1.82, 2.24) is 14.4 Å². The number of para-hydroxylation sites is 2. The summed E-state index contributed by atoms with van der Waals surface area (Å²) < 4.78 is 2.06. The Labute approximate surface area is 133 Å². The average molecular weight is 301 g/mol. The van der Waals surface area contributed by atoms with Gasteiger partial charge < -0.3 is 0 Å². The van der Waals surface area contributed by atoms with Gasteiger partial charge in [-0.1, -0.05) is 37.3 Å². The third kappa shape index (κ3) is 2.36. The molecular weight excluding hydrogens is 286 g/mol. The average Bonchev–Trinajstić information content (AvgIpc) is 2.99. The van der Waals surface area contributed by atoms with Gasteiger partial charge in [-0.15, -0.1) is 5.11 Å². The molecule has 5 heteroatoms. The lowest BCUT2D eigenvalue weighted by Crippen LogP contribution is -1.97. The number of nitrogens with zero attached hydrogens (tertiary/aromatic N) is 5. The maximum atomic E-state index is 4.56. The molecule has 0 unspecified atom stereocenters. The van der Waals surface area contributed by atoms with Crippen molar-refractivity contribution in [3.05, 3.63) is 66.5 Å². The molecule has 0 aliphatic rings. The second kappa shape index (κ2) is 5.61. The summed E-state index contributed by atoms with van der Waals surface area (Å²) >= 11 is 0. The smallest absolute Gasteiger partial charge is 0.235 e. The molecule has 2 aromatic carbocycles. The van der Waals surface area contributed by atoms with E-state index < -0.39 is 0 Å². The number of aromatic nitrogens is 3. The van der Waals surface area contributed by atoms with E-state index in [0.29, 0.717) is 5.78 Å². The predicted octanol–water partition coefficient (Wildman–Crippen LogP) is 4.86. The molecule has 0 aliphatic heterocycles. The van der Waals surface area contributed by atoms with Gasteiger partial charge in [0.15, 0.2) is 0 Å². The fourth-order valence-corrected chi connectivity index (χ4v) is 2.70. The van der Waals surface area contributed by atoms with E-state index in [9.17, 15) is 0 Å². The van der Waals surface area contributed by atoms with Crippen molar-refractivity contribution in [1.29, 1.82) is 0 Å². The third-order valence-electron chi connectivity index (χ3n) is 3.78. The predicted molar refractivity (Wildman–Crippen MR) is 90.5 cm³/mol. The zero-order chi connectivity index (χ0) is 15.6. The molecular formula is C18H15N5. The zero-order valence-electron chi connectivity index (χ0n) is 12.7. The topological polar surface area (TPSA) is 54.9 Å². The highest BCUT2D eigenvalue weighted by molar-refractivity contribution is 5.80. The molecule has 4 rings (SSSR count). The first-order valence-corrected chi connectivity index (χ1v) is 7.58. The van der Waals surface area contributed by atoms with Crippen LogP contribution in [-0.2, 0) is 6.42 Å². The van der Waals surface area contributed by atoms with Crippen molar-refractivity contribution in [3.63, 3.8) is 0 Å². The summed E-state index contributed by atoms with van der Waals surface area (Å²) in [5.74, 6) is 0.696. The molecule has 0 fully saturated rings. The van der Waals surface area contributed by atoms with Crippen LogP contribution >= 0.6 is 0 Å². The Morgan fingerprint density at radius 1 is 0.957 bits per heavy atom. The van der Waals surface area contributed by atoms with Crippen LogP contribution in [0.1, 0.15) is 12.6 Å². The Bertz CT molecular complexity index is 1000. The number of hydrogen-bond donors (Lipinski definition) is 0. The van der Waals surface area contributed by atoms with Crippen molar-refractivity contribution in [2.75, 3.05) is 0 Å². The van der Waals surface area contributed by atoms with E-state index in [1.54, 1.807) is 6.20 Å². The molecule has 0 N–H and O–H groups in total. The van der Waals surface area contributed by atoms with E-state index in [4.69, 9.17) is 0 Å².